The van der Waals surface area contributed by atoms with Crippen LogP contribution in [-0.4, -0.2) is 73.3 Å². The summed E-state index contributed by atoms with van der Waals surface area (Å²) in [5, 5.41) is 2.81. The molecule has 2 aliphatic rings. The normalized spacial score (nSPS) is 24.2. The van der Waals surface area contributed by atoms with Crippen molar-refractivity contribution in [1.82, 2.24) is 20.2 Å². The molecule has 0 radical (unpaired) electrons. The van der Waals surface area contributed by atoms with Crippen LogP contribution < -0.4 is 10.2 Å². The van der Waals surface area contributed by atoms with Crippen molar-refractivity contribution in [3.63, 3.8) is 0 Å². The molecule has 1 aromatic heterocycles. The molecule has 0 spiro atoms. The number of ether oxygens (including phenoxy) is 1. The van der Waals surface area contributed by atoms with E-state index in [-0.39, 0.29) is 11.8 Å². The molecule has 1 amide bonds. The zero-order chi connectivity index (χ0) is 16.1. The third-order valence-corrected chi connectivity index (χ3v) is 4.77. The lowest BCUT2D eigenvalue weighted by Crippen LogP contribution is -2.45. The van der Waals surface area contributed by atoms with Crippen LogP contribution in [0.5, 0.6) is 0 Å². The van der Waals surface area contributed by atoms with Crippen LogP contribution in [0, 0.1) is 5.92 Å². The van der Waals surface area contributed by atoms with E-state index < -0.39 is 0 Å². The second-order valence-electron chi connectivity index (χ2n) is 6.16. The van der Waals surface area contributed by atoms with E-state index in [1.807, 2.05) is 6.07 Å². The largest absolute Gasteiger partial charge is 0.381 e. The predicted octanol–water partition coefficient (Wildman–Crippen LogP) is 0.140. The number of carbonyl (C=O) groups is 1. The summed E-state index contributed by atoms with van der Waals surface area (Å²) in [5.74, 6) is 0.936. The Morgan fingerprint density at radius 3 is 2.83 bits per heavy atom. The Kier molecular flexibility index (Phi) is 5.40. The van der Waals surface area contributed by atoms with Crippen LogP contribution in [0.4, 0.5) is 5.82 Å². The highest BCUT2D eigenvalue weighted by Gasteiger charge is 2.31. The molecular weight excluding hydrogens is 294 g/mol. The van der Waals surface area contributed by atoms with E-state index in [4.69, 9.17) is 4.74 Å². The molecule has 2 saturated heterocycles. The van der Waals surface area contributed by atoms with Crippen LogP contribution in [0.1, 0.15) is 12.8 Å². The number of rotatable bonds is 3. The first-order chi connectivity index (χ1) is 11.3. The molecule has 7 nitrogen and oxygen atoms in total. The first kappa shape index (κ1) is 16.1. The van der Waals surface area contributed by atoms with Crippen molar-refractivity contribution in [1.29, 1.82) is 0 Å². The van der Waals surface area contributed by atoms with Gasteiger partial charge in [0.25, 0.3) is 0 Å². The van der Waals surface area contributed by atoms with Gasteiger partial charge < -0.3 is 15.0 Å². The molecule has 2 aliphatic heterocycles. The lowest BCUT2D eigenvalue weighted by atomic mass is 10.0. The van der Waals surface area contributed by atoms with Gasteiger partial charge in [0, 0.05) is 58.7 Å². The fourth-order valence-corrected chi connectivity index (χ4v) is 3.47. The predicted molar refractivity (Wildman–Crippen MR) is 87.2 cm³/mol. The van der Waals surface area contributed by atoms with E-state index in [1.54, 1.807) is 19.6 Å². The van der Waals surface area contributed by atoms with Crippen LogP contribution >= 0.6 is 0 Å². The highest BCUT2D eigenvalue weighted by molar-refractivity contribution is 5.79. The second-order valence-corrected chi connectivity index (χ2v) is 6.16. The minimum atomic E-state index is -0.0553. The van der Waals surface area contributed by atoms with Crippen LogP contribution in [-0.2, 0) is 9.53 Å². The summed E-state index contributed by atoms with van der Waals surface area (Å²) in [4.78, 5) is 25.3. The summed E-state index contributed by atoms with van der Waals surface area (Å²) in [6.45, 7) is 4.95. The van der Waals surface area contributed by atoms with Gasteiger partial charge >= 0.3 is 0 Å². The maximum atomic E-state index is 12.3. The summed E-state index contributed by atoms with van der Waals surface area (Å²) in [5.41, 5.74) is 0. The lowest BCUT2D eigenvalue weighted by Gasteiger charge is -2.34. The van der Waals surface area contributed by atoms with Gasteiger partial charge in [0.15, 0.2) is 0 Å². The Bertz CT molecular complexity index is 506. The Morgan fingerprint density at radius 2 is 2.13 bits per heavy atom. The second kappa shape index (κ2) is 7.70. The number of nitrogens with zero attached hydrogens (tertiary/aromatic N) is 4. The van der Waals surface area contributed by atoms with Gasteiger partial charge in [-0.3, -0.25) is 9.69 Å². The van der Waals surface area contributed by atoms with E-state index >= 15 is 0 Å². The summed E-state index contributed by atoms with van der Waals surface area (Å²) >= 11 is 0. The van der Waals surface area contributed by atoms with Crippen molar-refractivity contribution in [3.05, 3.63) is 18.6 Å². The fourth-order valence-electron chi connectivity index (χ4n) is 3.47. The molecule has 7 heteroatoms. The van der Waals surface area contributed by atoms with Gasteiger partial charge in [-0.2, -0.15) is 0 Å². The minimum Gasteiger partial charge on any atom is -0.381 e. The highest BCUT2D eigenvalue weighted by Crippen LogP contribution is 2.21. The van der Waals surface area contributed by atoms with Crippen molar-refractivity contribution in [2.45, 2.75) is 18.9 Å². The number of anilines is 1. The van der Waals surface area contributed by atoms with Gasteiger partial charge in [-0.1, -0.05) is 0 Å². The van der Waals surface area contributed by atoms with Gasteiger partial charge in [-0.05, 0) is 18.9 Å². The maximum absolute atomic E-state index is 12.3. The molecule has 3 rings (SSSR count). The average molecular weight is 319 g/mol. The van der Waals surface area contributed by atoms with Gasteiger partial charge in [-0.15, -0.1) is 0 Å². The zero-order valence-corrected chi connectivity index (χ0v) is 13.6. The molecule has 1 unspecified atom stereocenters. The van der Waals surface area contributed by atoms with Gasteiger partial charge in [0.1, 0.15) is 12.1 Å². The first-order valence-electron chi connectivity index (χ1n) is 8.32. The molecule has 0 saturated carbocycles. The minimum absolute atomic E-state index is 0.0553. The van der Waals surface area contributed by atoms with E-state index in [1.165, 1.54) is 0 Å². The SMILES string of the molecule is CNC(=O)C1CN(c2ccncn2)CCN(C2CCOCC2)C1. The van der Waals surface area contributed by atoms with E-state index in [2.05, 4.69) is 25.1 Å². The smallest absolute Gasteiger partial charge is 0.225 e. The van der Waals surface area contributed by atoms with Crippen LogP contribution in [0.15, 0.2) is 18.6 Å². The number of amides is 1. The standard InChI is InChI=1S/C16H25N5O2/c1-17-16(22)13-10-20(14-3-8-23-9-4-14)6-7-21(11-13)15-2-5-18-12-19-15/h2,5,12-14H,3-4,6-11H2,1H3,(H,17,22). The molecule has 126 valence electrons. The summed E-state index contributed by atoms with van der Waals surface area (Å²) < 4.78 is 5.47. The zero-order valence-electron chi connectivity index (χ0n) is 13.6. The van der Waals surface area contributed by atoms with Crippen molar-refractivity contribution in [3.8, 4) is 0 Å². The molecular formula is C16H25N5O2. The van der Waals surface area contributed by atoms with Crippen molar-refractivity contribution in [2.24, 2.45) is 5.92 Å². The Labute approximate surface area is 137 Å². The molecule has 1 aromatic rings. The van der Waals surface area contributed by atoms with Crippen LogP contribution in [0.25, 0.3) is 0 Å². The van der Waals surface area contributed by atoms with E-state index in [0.717, 1.165) is 51.5 Å². The molecule has 0 aromatic carbocycles. The van der Waals surface area contributed by atoms with Crippen molar-refractivity contribution >= 4 is 11.7 Å². The van der Waals surface area contributed by atoms with Gasteiger partial charge in [0.05, 0.1) is 5.92 Å². The van der Waals surface area contributed by atoms with Gasteiger partial charge in [0.2, 0.25) is 5.91 Å². The number of nitrogens with one attached hydrogen (secondary N) is 1. The fraction of sp³-hybridized carbons (Fsp3) is 0.688. The number of hydrogen-bond donors (Lipinski definition) is 1. The van der Waals surface area contributed by atoms with E-state index in [0.29, 0.717) is 12.6 Å². The topological polar surface area (TPSA) is 70.6 Å². The summed E-state index contributed by atoms with van der Waals surface area (Å²) in [6.07, 6.45) is 5.41. The third-order valence-electron chi connectivity index (χ3n) is 4.77. The van der Waals surface area contributed by atoms with Crippen LogP contribution in [0.3, 0.4) is 0 Å². The molecule has 0 aliphatic carbocycles. The molecule has 1 atom stereocenters. The Hall–Kier alpha value is -1.73. The number of carbonyl (C=O) groups excluding carboxylic acids is 1. The maximum Gasteiger partial charge on any atom is 0.225 e. The summed E-state index contributed by atoms with van der Waals surface area (Å²) in [7, 11) is 1.71. The molecule has 2 fully saturated rings. The van der Waals surface area contributed by atoms with Crippen molar-refractivity contribution in [2.75, 3.05) is 51.3 Å². The molecule has 23 heavy (non-hydrogen) atoms. The first-order valence-corrected chi connectivity index (χ1v) is 8.32. The molecule has 3 heterocycles. The monoisotopic (exact) mass is 319 g/mol. The molecule has 0 bridgehead atoms. The van der Waals surface area contributed by atoms with E-state index in [9.17, 15) is 4.79 Å². The molecule has 1 N–H and O–H groups in total. The van der Waals surface area contributed by atoms with Crippen molar-refractivity contribution < 1.29 is 9.53 Å². The number of aromatic nitrogens is 2. The lowest BCUT2D eigenvalue weighted by molar-refractivity contribution is -0.124. The Morgan fingerprint density at radius 1 is 1.30 bits per heavy atom. The Balaban J connectivity index is 1.75. The third kappa shape index (κ3) is 3.97. The highest BCUT2D eigenvalue weighted by atomic mass is 16.5. The quantitative estimate of drug-likeness (QED) is 0.855. The summed E-state index contributed by atoms with van der Waals surface area (Å²) in [6, 6.07) is 2.42. The van der Waals surface area contributed by atoms with Crippen LogP contribution in [0.2, 0.25) is 0 Å². The van der Waals surface area contributed by atoms with Gasteiger partial charge in [-0.25, -0.2) is 9.97 Å². The number of hydrogen-bond acceptors (Lipinski definition) is 6. The average Bonchev–Trinajstić information content (AvgIpc) is 2.86.